The number of rotatable bonds is 3. The van der Waals surface area contributed by atoms with Gasteiger partial charge >= 0.3 is 0 Å². The van der Waals surface area contributed by atoms with Crippen LogP contribution in [-0.4, -0.2) is 28.4 Å². The number of carbonyl (C=O) groups is 1. The molecule has 1 aromatic rings. The molecule has 110 valence electrons. The minimum absolute atomic E-state index is 0. The molecule has 2 unspecified atom stereocenters. The zero-order chi connectivity index (χ0) is 12.3. The van der Waals surface area contributed by atoms with Crippen LogP contribution in [0.15, 0.2) is 11.6 Å². The number of amides is 1. The van der Waals surface area contributed by atoms with E-state index in [4.69, 9.17) is 5.73 Å². The highest BCUT2D eigenvalue weighted by Crippen LogP contribution is 2.32. The van der Waals surface area contributed by atoms with Crippen molar-refractivity contribution in [1.82, 2.24) is 9.88 Å². The summed E-state index contributed by atoms with van der Waals surface area (Å²) in [5.74, 6) is 0.167. The molecule has 1 aliphatic rings. The molecule has 1 saturated heterocycles. The molecule has 1 amide bonds. The predicted molar refractivity (Wildman–Crippen MR) is 83.2 cm³/mol. The third-order valence-corrected chi connectivity index (χ3v) is 3.93. The number of thiazole rings is 1. The van der Waals surface area contributed by atoms with E-state index in [0.29, 0.717) is 6.42 Å². The Kier molecular flexibility index (Phi) is 8.57. The molecule has 0 aromatic carbocycles. The molecule has 0 bridgehead atoms. The SMILES string of the molecule is CC(N)CC(=O)N1CCCCC1c1nccs1.Cl.Cl. The minimum atomic E-state index is -0.0682. The summed E-state index contributed by atoms with van der Waals surface area (Å²) in [5, 5.41) is 3.03. The fourth-order valence-electron chi connectivity index (χ4n) is 2.28. The average Bonchev–Trinajstić information content (AvgIpc) is 2.81. The Hall–Kier alpha value is -0.360. The van der Waals surface area contributed by atoms with Gasteiger partial charge in [-0.05, 0) is 26.2 Å². The van der Waals surface area contributed by atoms with Gasteiger partial charge in [0.1, 0.15) is 5.01 Å². The molecule has 0 spiro atoms. The molecule has 4 nitrogen and oxygen atoms in total. The summed E-state index contributed by atoms with van der Waals surface area (Å²) in [6.07, 6.45) is 5.53. The van der Waals surface area contributed by atoms with Crippen LogP contribution in [0.1, 0.15) is 43.7 Å². The van der Waals surface area contributed by atoms with Crippen LogP contribution in [0.25, 0.3) is 0 Å². The van der Waals surface area contributed by atoms with Gasteiger partial charge in [0.15, 0.2) is 0 Å². The highest BCUT2D eigenvalue weighted by molar-refractivity contribution is 7.09. The maximum atomic E-state index is 12.1. The molecular weight excluding hydrogens is 305 g/mol. The highest BCUT2D eigenvalue weighted by Gasteiger charge is 2.29. The molecular formula is C12H21Cl2N3OS. The van der Waals surface area contributed by atoms with Crippen molar-refractivity contribution in [3.63, 3.8) is 0 Å². The van der Waals surface area contributed by atoms with Gasteiger partial charge in [0, 0.05) is 30.6 Å². The van der Waals surface area contributed by atoms with E-state index in [1.165, 1.54) is 6.42 Å². The second kappa shape index (κ2) is 8.74. The van der Waals surface area contributed by atoms with Gasteiger partial charge in [-0.15, -0.1) is 36.2 Å². The quantitative estimate of drug-likeness (QED) is 0.929. The predicted octanol–water partition coefficient (Wildman–Crippen LogP) is 2.78. The van der Waals surface area contributed by atoms with E-state index in [1.807, 2.05) is 23.4 Å². The number of halogens is 2. The summed E-state index contributed by atoms with van der Waals surface area (Å²) in [6.45, 7) is 2.72. The summed E-state index contributed by atoms with van der Waals surface area (Å²) in [6, 6.07) is 0.108. The fourth-order valence-corrected chi connectivity index (χ4v) is 3.06. The first-order chi connectivity index (χ1) is 8.18. The molecule has 1 aromatic heterocycles. The monoisotopic (exact) mass is 325 g/mol. The lowest BCUT2D eigenvalue weighted by atomic mass is 10.0. The maximum absolute atomic E-state index is 12.1. The number of carbonyl (C=O) groups excluding carboxylic acids is 1. The average molecular weight is 326 g/mol. The van der Waals surface area contributed by atoms with Gasteiger partial charge < -0.3 is 10.6 Å². The Balaban J connectivity index is 0.00000162. The number of hydrogen-bond donors (Lipinski definition) is 1. The first kappa shape index (κ1) is 18.6. The van der Waals surface area contributed by atoms with Crippen molar-refractivity contribution in [2.24, 2.45) is 5.73 Å². The molecule has 1 aliphatic heterocycles. The molecule has 0 radical (unpaired) electrons. The van der Waals surface area contributed by atoms with E-state index in [-0.39, 0.29) is 42.8 Å². The number of hydrogen-bond acceptors (Lipinski definition) is 4. The topological polar surface area (TPSA) is 59.2 Å². The molecule has 2 atom stereocenters. The van der Waals surface area contributed by atoms with Gasteiger partial charge in [0.25, 0.3) is 0 Å². The Labute approximate surface area is 130 Å². The van der Waals surface area contributed by atoms with Crippen LogP contribution in [-0.2, 0) is 4.79 Å². The van der Waals surface area contributed by atoms with E-state index in [1.54, 1.807) is 11.3 Å². The first-order valence-electron chi connectivity index (χ1n) is 6.13. The van der Waals surface area contributed by atoms with E-state index in [2.05, 4.69) is 4.98 Å². The van der Waals surface area contributed by atoms with E-state index in [0.717, 1.165) is 24.4 Å². The molecule has 7 heteroatoms. The minimum Gasteiger partial charge on any atom is -0.333 e. The maximum Gasteiger partial charge on any atom is 0.224 e. The lowest BCUT2D eigenvalue weighted by Crippen LogP contribution is -2.40. The Morgan fingerprint density at radius 3 is 2.89 bits per heavy atom. The summed E-state index contributed by atoms with van der Waals surface area (Å²) in [4.78, 5) is 18.4. The Morgan fingerprint density at radius 1 is 1.58 bits per heavy atom. The molecule has 0 aliphatic carbocycles. The van der Waals surface area contributed by atoms with Crippen LogP contribution in [0.2, 0.25) is 0 Å². The Bertz CT molecular complexity index is 373. The van der Waals surface area contributed by atoms with Gasteiger partial charge in [-0.3, -0.25) is 4.79 Å². The van der Waals surface area contributed by atoms with Crippen molar-refractivity contribution < 1.29 is 4.79 Å². The van der Waals surface area contributed by atoms with E-state index in [9.17, 15) is 4.79 Å². The third-order valence-electron chi connectivity index (χ3n) is 3.06. The molecule has 0 saturated carbocycles. The van der Waals surface area contributed by atoms with Gasteiger partial charge in [0.2, 0.25) is 5.91 Å². The highest BCUT2D eigenvalue weighted by atomic mass is 35.5. The number of likely N-dealkylation sites (tertiary alicyclic amines) is 1. The lowest BCUT2D eigenvalue weighted by Gasteiger charge is -2.35. The van der Waals surface area contributed by atoms with Crippen molar-refractivity contribution in [2.45, 2.75) is 44.7 Å². The summed E-state index contributed by atoms with van der Waals surface area (Å²) < 4.78 is 0. The van der Waals surface area contributed by atoms with Crippen molar-refractivity contribution in [3.05, 3.63) is 16.6 Å². The number of nitrogens with two attached hydrogens (primary N) is 1. The summed E-state index contributed by atoms with van der Waals surface area (Å²) in [7, 11) is 0. The Morgan fingerprint density at radius 2 is 2.32 bits per heavy atom. The summed E-state index contributed by atoms with van der Waals surface area (Å²) in [5.41, 5.74) is 5.70. The standard InChI is InChI=1S/C12H19N3OS.2ClH/c1-9(13)8-11(16)15-6-3-2-4-10(15)12-14-5-7-17-12;;/h5,7,9-10H,2-4,6,8,13H2,1H3;2*1H. The van der Waals surface area contributed by atoms with Crippen LogP contribution in [0.3, 0.4) is 0 Å². The zero-order valence-electron chi connectivity index (χ0n) is 10.9. The number of nitrogens with zero attached hydrogens (tertiary/aromatic N) is 2. The van der Waals surface area contributed by atoms with Crippen LogP contribution in [0.5, 0.6) is 0 Å². The van der Waals surface area contributed by atoms with Crippen molar-refractivity contribution in [1.29, 1.82) is 0 Å². The summed E-state index contributed by atoms with van der Waals surface area (Å²) >= 11 is 1.63. The van der Waals surface area contributed by atoms with Crippen LogP contribution in [0.4, 0.5) is 0 Å². The zero-order valence-corrected chi connectivity index (χ0v) is 13.4. The van der Waals surface area contributed by atoms with E-state index >= 15 is 0 Å². The number of piperidine rings is 1. The van der Waals surface area contributed by atoms with Crippen LogP contribution >= 0.6 is 36.2 Å². The lowest BCUT2D eigenvalue weighted by molar-refractivity contribution is -0.135. The number of aromatic nitrogens is 1. The molecule has 19 heavy (non-hydrogen) atoms. The normalized spacial score (nSPS) is 20.1. The van der Waals surface area contributed by atoms with Gasteiger partial charge in [-0.1, -0.05) is 0 Å². The van der Waals surface area contributed by atoms with Gasteiger partial charge in [-0.2, -0.15) is 0 Å². The largest absolute Gasteiger partial charge is 0.333 e. The smallest absolute Gasteiger partial charge is 0.224 e. The second-order valence-corrected chi connectivity index (χ2v) is 5.58. The fraction of sp³-hybridized carbons (Fsp3) is 0.667. The van der Waals surface area contributed by atoms with Crippen LogP contribution in [0, 0.1) is 0 Å². The van der Waals surface area contributed by atoms with Gasteiger partial charge in [0.05, 0.1) is 6.04 Å². The molecule has 2 rings (SSSR count). The third kappa shape index (κ3) is 4.91. The van der Waals surface area contributed by atoms with Crippen molar-refractivity contribution in [2.75, 3.05) is 6.54 Å². The second-order valence-electron chi connectivity index (χ2n) is 4.65. The van der Waals surface area contributed by atoms with Crippen LogP contribution < -0.4 is 5.73 Å². The molecule has 1 fully saturated rings. The van der Waals surface area contributed by atoms with Crippen molar-refractivity contribution in [3.8, 4) is 0 Å². The first-order valence-corrected chi connectivity index (χ1v) is 7.01. The molecule has 2 heterocycles. The van der Waals surface area contributed by atoms with Gasteiger partial charge in [-0.25, -0.2) is 4.98 Å². The van der Waals surface area contributed by atoms with E-state index < -0.39 is 0 Å². The molecule has 2 N–H and O–H groups in total. The van der Waals surface area contributed by atoms with Crippen molar-refractivity contribution >= 4 is 42.1 Å².